The third kappa shape index (κ3) is 8.47. The molecule has 0 bridgehead atoms. The molecule has 0 spiro atoms. The molecule has 2 aliphatic carbocycles. The molecule has 0 unspecified atom stereocenters. The Morgan fingerprint density at radius 1 is 1.03 bits per heavy atom. The van der Waals surface area contributed by atoms with Crippen molar-refractivity contribution in [2.45, 2.75) is 77.4 Å². The molecule has 9 nitrogen and oxygen atoms in total. The number of ether oxygens (including phenoxy) is 1. The van der Waals surface area contributed by atoms with Gasteiger partial charge < -0.3 is 20.7 Å². The van der Waals surface area contributed by atoms with E-state index >= 15 is 0 Å². The van der Waals surface area contributed by atoms with Crippen LogP contribution in [0.4, 0.5) is 4.79 Å². The number of hydrogen-bond donors (Lipinski definition) is 4. The van der Waals surface area contributed by atoms with Gasteiger partial charge in [-0.3, -0.25) is 9.59 Å². The summed E-state index contributed by atoms with van der Waals surface area (Å²) in [4.78, 5) is 36.2. The van der Waals surface area contributed by atoms with Crippen molar-refractivity contribution in [3.8, 4) is 0 Å². The van der Waals surface area contributed by atoms with Crippen LogP contribution < -0.4 is 21.4 Å². The predicted molar refractivity (Wildman–Crippen MR) is 120 cm³/mol. The van der Waals surface area contributed by atoms with E-state index in [1.165, 1.54) is 0 Å². The lowest BCUT2D eigenvalue weighted by molar-refractivity contribution is -0.126. The van der Waals surface area contributed by atoms with Crippen molar-refractivity contribution in [2.75, 3.05) is 20.2 Å². The van der Waals surface area contributed by atoms with Crippen molar-refractivity contribution in [3.63, 3.8) is 0 Å². The Labute approximate surface area is 185 Å². The zero-order valence-electron chi connectivity index (χ0n) is 19.1. The van der Waals surface area contributed by atoms with Crippen molar-refractivity contribution in [1.29, 1.82) is 0 Å². The van der Waals surface area contributed by atoms with Gasteiger partial charge in [-0.15, -0.1) is 0 Å². The number of nitrogens with zero attached hydrogens (tertiary/aromatic N) is 1. The van der Waals surface area contributed by atoms with Crippen LogP contribution in [0.3, 0.4) is 0 Å². The van der Waals surface area contributed by atoms with Gasteiger partial charge in [-0.05, 0) is 64.2 Å². The summed E-state index contributed by atoms with van der Waals surface area (Å²) >= 11 is 0. The van der Waals surface area contributed by atoms with Gasteiger partial charge in [-0.2, -0.15) is 5.10 Å². The highest BCUT2D eigenvalue weighted by Gasteiger charge is 2.31. The molecule has 2 rings (SSSR count). The van der Waals surface area contributed by atoms with Crippen molar-refractivity contribution in [3.05, 3.63) is 0 Å². The van der Waals surface area contributed by atoms with Crippen molar-refractivity contribution >= 4 is 24.1 Å². The first-order valence-electron chi connectivity index (χ1n) is 11.7. The molecular weight excluding hydrogens is 398 g/mol. The summed E-state index contributed by atoms with van der Waals surface area (Å²) in [6, 6.07) is -0.583. The van der Waals surface area contributed by atoms with E-state index in [9.17, 15) is 14.4 Å². The lowest BCUT2D eigenvalue weighted by atomic mass is 9.81. The standard InChI is InChI=1S/C22H39N5O4/c1-4-18(26-21(29)17-10-11-19(12-17)31-5-2)14-25-27-22(30)24-13-15-6-8-16(9-7-15)20(28)23-3/h14-19H,4-13H2,1-3H3,(H,23,28)(H,26,29)(H2,24,27,30)/b25-14+/t15?,16?,17-,18-,19-/m0/s1. The van der Waals surface area contributed by atoms with Crippen LogP contribution in [0.25, 0.3) is 0 Å². The summed E-state index contributed by atoms with van der Waals surface area (Å²) < 4.78 is 5.61. The second-order valence-corrected chi connectivity index (χ2v) is 8.54. The van der Waals surface area contributed by atoms with Gasteiger partial charge in [0.15, 0.2) is 0 Å². The van der Waals surface area contributed by atoms with Crippen LogP contribution in [0.15, 0.2) is 5.10 Å². The molecule has 0 aromatic heterocycles. The number of urea groups is 1. The molecule has 4 N–H and O–H groups in total. The summed E-state index contributed by atoms with van der Waals surface area (Å²) in [6.45, 7) is 5.18. The van der Waals surface area contributed by atoms with Gasteiger partial charge in [0.1, 0.15) is 0 Å². The highest BCUT2D eigenvalue weighted by molar-refractivity contribution is 5.83. The highest BCUT2D eigenvalue weighted by atomic mass is 16.5. The van der Waals surface area contributed by atoms with Crippen molar-refractivity contribution in [2.24, 2.45) is 22.9 Å². The van der Waals surface area contributed by atoms with E-state index in [0.29, 0.717) is 25.5 Å². The minimum Gasteiger partial charge on any atom is -0.378 e. The van der Waals surface area contributed by atoms with Crippen LogP contribution in [0.5, 0.6) is 0 Å². The maximum Gasteiger partial charge on any atom is 0.335 e. The molecule has 31 heavy (non-hydrogen) atoms. The average molecular weight is 438 g/mol. The number of hydrogen-bond acceptors (Lipinski definition) is 5. The number of nitrogens with one attached hydrogen (secondary N) is 4. The molecule has 4 amide bonds. The molecule has 0 saturated heterocycles. The summed E-state index contributed by atoms with van der Waals surface area (Å²) in [5.41, 5.74) is 2.47. The van der Waals surface area contributed by atoms with Gasteiger partial charge in [0.05, 0.1) is 12.1 Å². The Hall–Kier alpha value is -2.16. The molecule has 0 aromatic carbocycles. The van der Waals surface area contributed by atoms with Crippen LogP contribution in [-0.4, -0.2) is 56.4 Å². The molecule has 2 saturated carbocycles. The number of carbonyl (C=O) groups is 3. The lowest BCUT2D eigenvalue weighted by Crippen LogP contribution is -2.41. The van der Waals surface area contributed by atoms with Gasteiger partial charge in [-0.1, -0.05) is 6.92 Å². The van der Waals surface area contributed by atoms with Gasteiger partial charge in [-0.25, -0.2) is 10.2 Å². The first-order chi connectivity index (χ1) is 15.0. The molecule has 0 heterocycles. The molecular formula is C22H39N5O4. The zero-order chi connectivity index (χ0) is 22.6. The Morgan fingerprint density at radius 2 is 1.74 bits per heavy atom. The van der Waals surface area contributed by atoms with Gasteiger partial charge in [0, 0.05) is 38.2 Å². The Kier molecular flexibility index (Phi) is 10.8. The van der Waals surface area contributed by atoms with Crippen molar-refractivity contribution in [1.82, 2.24) is 21.4 Å². The van der Waals surface area contributed by atoms with Crippen LogP contribution in [0, 0.1) is 17.8 Å². The summed E-state index contributed by atoms with van der Waals surface area (Å²) in [6.07, 6.45) is 8.54. The Morgan fingerprint density at radius 3 is 2.39 bits per heavy atom. The summed E-state index contributed by atoms with van der Waals surface area (Å²) in [5, 5.41) is 12.5. The average Bonchev–Trinajstić information content (AvgIpc) is 3.25. The fourth-order valence-corrected chi connectivity index (χ4v) is 4.41. The monoisotopic (exact) mass is 437 g/mol. The first kappa shape index (κ1) is 25.1. The number of hydrazone groups is 1. The van der Waals surface area contributed by atoms with E-state index in [-0.39, 0.29) is 41.8 Å². The quantitative estimate of drug-likeness (QED) is 0.308. The molecule has 3 atom stereocenters. The number of carbonyl (C=O) groups excluding carboxylic acids is 3. The Balaban J connectivity index is 1.64. The first-order valence-corrected chi connectivity index (χ1v) is 11.7. The smallest absolute Gasteiger partial charge is 0.335 e. The van der Waals surface area contributed by atoms with E-state index in [4.69, 9.17) is 4.74 Å². The Bertz CT molecular complexity index is 619. The minimum atomic E-state index is -0.360. The second-order valence-electron chi connectivity index (χ2n) is 8.54. The van der Waals surface area contributed by atoms with Gasteiger partial charge >= 0.3 is 6.03 Å². The van der Waals surface area contributed by atoms with Gasteiger partial charge in [0.2, 0.25) is 11.8 Å². The lowest BCUT2D eigenvalue weighted by Gasteiger charge is -2.27. The van der Waals surface area contributed by atoms with Crippen LogP contribution in [-0.2, 0) is 14.3 Å². The summed E-state index contributed by atoms with van der Waals surface area (Å²) in [7, 11) is 1.67. The number of rotatable bonds is 10. The highest BCUT2D eigenvalue weighted by Crippen LogP contribution is 2.29. The second kappa shape index (κ2) is 13.3. The predicted octanol–water partition coefficient (Wildman–Crippen LogP) is 1.92. The topological polar surface area (TPSA) is 121 Å². The molecule has 176 valence electrons. The molecule has 2 aliphatic rings. The van der Waals surface area contributed by atoms with Gasteiger partial charge in [0.25, 0.3) is 0 Å². The van der Waals surface area contributed by atoms with Crippen molar-refractivity contribution < 1.29 is 19.1 Å². The maximum atomic E-state index is 12.5. The van der Waals surface area contributed by atoms with Crippen LogP contribution >= 0.6 is 0 Å². The van der Waals surface area contributed by atoms with E-state index in [1.807, 2.05) is 13.8 Å². The third-order valence-electron chi connectivity index (χ3n) is 6.36. The zero-order valence-corrected chi connectivity index (χ0v) is 19.1. The molecule has 2 fully saturated rings. The molecule has 0 radical (unpaired) electrons. The van der Waals surface area contributed by atoms with E-state index in [0.717, 1.165) is 44.9 Å². The fraction of sp³-hybridized carbons (Fsp3) is 0.818. The number of amides is 4. The summed E-state index contributed by atoms with van der Waals surface area (Å²) in [5.74, 6) is 0.588. The molecule has 0 aromatic rings. The minimum absolute atomic E-state index is 0.0197. The fourth-order valence-electron chi connectivity index (χ4n) is 4.41. The van der Waals surface area contributed by atoms with E-state index < -0.39 is 0 Å². The largest absolute Gasteiger partial charge is 0.378 e. The normalized spacial score (nSPS) is 26.9. The van der Waals surface area contributed by atoms with E-state index in [1.54, 1.807) is 13.3 Å². The van der Waals surface area contributed by atoms with Crippen LogP contribution in [0.1, 0.15) is 65.2 Å². The third-order valence-corrected chi connectivity index (χ3v) is 6.36. The maximum absolute atomic E-state index is 12.5. The molecule has 9 heteroatoms. The van der Waals surface area contributed by atoms with Crippen LogP contribution in [0.2, 0.25) is 0 Å². The SMILES string of the molecule is CCO[C@H]1CC[C@H](C(=O)N[C@H](/C=N/NC(=O)NCC2CCC(C(=O)NC)CC2)CC)C1. The van der Waals surface area contributed by atoms with E-state index in [2.05, 4.69) is 26.5 Å². The molecule has 0 aliphatic heterocycles.